The molecule has 1 aromatic carbocycles. The van der Waals surface area contributed by atoms with Gasteiger partial charge in [-0.15, -0.1) is 0 Å². The minimum Gasteiger partial charge on any atom is -0.478 e. The Morgan fingerprint density at radius 1 is 0.784 bits per heavy atom. The average Bonchev–Trinajstić information content (AvgIpc) is 3.79. The Morgan fingerprint density at radius 3 is 2.25 bits per heavy atom. The Bertz CT molecular complexity index is 1490. The van der Waals surface area contributed by atoms with Gasteiger partial charge in [-0.25, -0.2) is 4.79 Å². The van der Waals surface area contributed by atoms with Crippen molar-refractivity contribution in [3.8, 4) is 0 Å². The molecule has 0 radical (unpaired) electrons. The normalized spacial score (nSPS) is 39.4. The molecule has 1 aromatic rings. The van der Waals surface area contributed by atoms with Crippen molar-refractivity contribution in [3.05, 3.63) is 41.5 Å². The molecule has 6 nitrogen and oxygen atoms in total. The molecule has 8 atom stereocenters. The standard InChI is InChI=1S/C45H67N3O3/c1-42(2)35(32-11-13-33(14-12-32)41(50)51)17-21-44(4)38(42)19-22-43(3)36-18-23-45(20-7-10-37(45)34(36)15-16-39(43)44)46-24-25-47-26-28-48(29-27-47)40(49)30-31-8-5-6-9-31/h11-14,17,31,34,36-39,46H,5-10,15-16,18-30H2,1-4H3,(H,50,51)/t34-,36?,37?,38?,39?,43-,44-,45-/m0/s1. The van der Waals surface area contributed by atoms with Crippen molar-refractivity contribution < 1.29 is 14.7 Å². The zero-order valence-corrected chi connectivity index (χ0v) is 32.4. The third kappa shape index (κ3) is 6.15. The van der Waals surface area contributed by atoms with Crippen LogP contribution in [-0.2, 0) is 4.79 Å². The molecule has 0 bridgehead atoms. The number of nitrogens with zero attached hydrogens (tertiary/aromatic N) is 2. The number of carboxylic acids is 1. The van der Waals surface area contributed by atoms with Gasteiger partial charge in [-0.1, -0.05) is 65.2 Å². The summed E-state index contributed by atoms with van der Waals surface area (Å²) in [6.45, 7) is 16.5. The number of piperazine rings is 1. The lowest BCUT2D eigenvalue weighted by Gasteiger charge is -2.68. The first kappa shape index (κ1) is 35.8. The molecule has 1 saturated heterocycles. The highest BCUT2D eigenvalue weighted by molar-refractivity contribution is 5.88. The van der Waals surface area contributed by atoms with Gasteiger partial charge >= 0.3 is 5.97 Å². The number of amides is 1. The monoisotopic (exact) mass is 698 g/mol. The first-order valence-corrected chi connectivity index (χ1v) is 21.2. The summed E-state index contributed by atoms with van der Waals surface area (Å²) in [7, 11) is 0. The molecular formula is C45H67N3O3. The predicted molar refractivity (Wildman–Crippen MR) is 205 cm³/mol. The quantitative estimate of drug-likeness (QED) is 0.284. The number of benzene rings is 1. The van der Waals surface area contributed by atoms with E-state index >= 15 is 0 Å². The number of aromatic carboxylic acids is 1. The Balaban J connectivity index is 0.902. The van der Waals surface area contributed by atoms with Crippen LogP contribution in [0.25, 0.3) is 5.57 Å². The van der Waals surface area contributed by atoms with Gasteiger partial charge in [0.15, 0.2) is 0 Å². The Morgan fingerprint density at radius 2 is 1.53 bits per heavy atom. The maximum Gasteiger partial charge on any atom is 0.335 e. The minimum absolute atomic E-state index is 0.0602. The molecule has 8 rings (SSSR count). The zero-order valence-electron chi connectivity index (χ0n) is 32.4. The Hall–Kier alpha value is -2.18. The fourth-order valence-corrected chi connectivity index (χ4v) is 14.7. The summed E-state index contributed by atoms with van der Waals surface area (Å²) in [4.78, 5) is 29.2. The molecule has 1 heterocycles. The third-order valence-electron chi connectivity index (χ3n) is 17.1. The van der Waals surface area contributed by atoms with Crippen molar-refractivity contribution in [2.24, 2.45) is 51.8 Å². The van der Waals surface area contributed by atoms with Crippen molar-refractivity contribution in [3.63, 3.8) is 0 Å². The van der Waals surface area contributed by atoms with Gasteiger partial charge in [-0.2, -0.15) is 0 Å². The van der Waals surface area contributed by atoms with Gasteiger partial charge in [0.2, 0.25) is 5.91 Å². The van der Waals surface area contributed by atoms with Crippen LogP contribution in [0, 0.1) is 51.8 Å². The SMILES string of the molecule is CC1(C)C(c2ccc(C(=O)O)cc2)=CC[C@@]2(C)C1CC[C@@]1(C)C3CC[C@@]4(NCCN5CCN(C(=O)CC6CCCC6)CC5)CCCC4[C@H]3CCC12. The van der Waals surface area contributed by atoms with Crippen LogP contribution in [0.3, 0.4) is 0 Å². The van der Waals surface area contributed by atoms with E-state index in [1.54, 1.807) is 12.1 Å². The fourth-order valence-electron chi connectivity index (χ4n) is 14.7. The number of hydrogen-bond donors (Lipinski definition) is 2. The average molecular weight is 698 g/mol. The summed E-state index contributed by atoms with van der Waals surface area (Å²) in [5.41, 5.74) is 4.12. The summed E-state index contributed by atoms with van der Waals surface area (Å²) in [5.74, 6) is 4.14. The van der Waals surface area contributed by atoms with E-state index < -0.39 is 5.97 Å². The zero-order chi connectivity index (χ0) is 35.6. The molecule has 51 heavy (non-hydrogen) atoms. The van der Waals surface area contributed by atoms with Crippen molar-refractivity contribution in [2.75, 3.05) is 39.3 Å². The van der Waals surface area contributed by atoms with Crippen LogP contribution in [0.2, 0.25) is 0 Å². The topological polar surface area (TPSA) is 72.9 Å². The molecule has 280 valence electrons. The van der Waals surface area contributed by atoms with Gasteiger partial charge in [0.1, 0.15) is 0 Å². The Kier molecular flexibility index (Phi) is 9.55. The van der Waals surface area contributed by atoms with E-state index in [1.165, 1.54) is 94.6 Å². The second-order valence-electron chi connectivity index (χ2n) is 19.6. The molecule has 4 unspecified atom stereocenters. The van der Waals surface area contributed by atoms with Gasteiger partial charge in [-0.3, -0.25) is 9.69 Å². The predicted octanol–water partition coefficient (Wildman–Crippen LogP) is 8.91. The lowest BCUT2D eigenvalue weighted by atomic mass is 9.37. The summed E-state index contributed by atoms with van der Waals surface area (Å²) in [5, 5.41) is 13.7. The summed E-state index contributed by atoms with van der Waals surface area (Å²) in [6.07, 6.45) is 22.0. The van der Waals surface area contributed by atoms with Crippen LogP contribution in [-0.4, -0.2) is 71.6 Å². The van der Waals surface area contributed by atoms with Gasteiger partial charge in [0.05, 0.1) is 5.56 Å². The van der Waals surface area contributed by atoms with E-state index in [1.807, 2.05) is 12.1 Å². The van der Waals surface area contributed by atoms with Crippen molar-refractivity contribution in [2.45, 2.75) is 130 Å². The smallest absolute Gasteiger partial charge is 0.335 e. The molecule has 5 saturated carbocycles. The molecule has 1 amide bonds. The van der Waals surface area contributed by atoms with Crippen LogP contribution in [0.5, 0.6) is 0 Å². The number of carboxylic acid groups (broad SMARTS) is 1. The summed E-state index contributed by atoms with van der Waals surface area (Å²) < 4.78 is 0. The number of hydrogen-bond acceptors (Lipinski definition) is 4. The van der Waals surface area contributed by atoms with Crippen LogP contribution < -0.4 is 5.32 Å². The molecule has 1 aliphatic heterocycles. The maximum absolute atomic E-state index is 12.9. The van der Waals surface area contributed by atoms with E-state index in [9.17, 15) is 14.7 Å². The van der Waals surface area contributed by atoms with Crippen LogP contribution in [0.15, 0.2) is 30.3 Å². The summed E-state index contributed by atoms with van der Waals surface area (Å²) >= 11 is 0. The van der Waals surface area contributed by atoms with E-state index in [2.05, 4.69) is 48.9 Å². The van der Waals surface area contributed by atoms with Crippen molar-refractivity contribution in [1.29, 1.82) is 0 Å². The molecule has 0 aromatic heterocycles. The number of fused-ring (bicyclic) bond motifs is 7. The highest BCUT2D eigenvalue weighted by Gasteiger charge is 2.65. The van der Waals surface area contributed by atoms with Gasteiger partial charge < -0.3 is 15.3 Å². The van der Waals surface area contributed by atoms with Gasteiger partial charge in [-0.05, 0) is 146 Å². The van der Waals surface area contributed by atoms with Gasteiger partial charge in [0, 0.05) is 51.2 Å². The lowest BCUT2D eigenvalue weighted by Crippen LogP contribution is -2.64. The number of carbonyl (C=O) groups is 2. The molecule has 6 fully saturated rings. The van der Waals surface area contributed by atoms with Crippen molar-refractivity contribution >= 4 is 17.4 Å². The number of carbonyl (C=O) groups excluding carboxylic acids is 1. The third-order valence-corrected chi connectivity index (χ3v) is 17.1. The van der Waals surface area contributed by atoms with Crippen LogP contribution >= 0.6 is 0 Å². The maximum atomic E-state index is 12.9. The number of rotatable bonds is 8. The highest BCUT2D eigenvalue weighted by Crippen LogP contribution is 2.72. The van der Waals surface area contributed by atoms with Crippen LogP contribution in [0.4, 0.5) is 0 Å². The van der Waals surface area contributed by atoms with E-state index in [0.29, 0.717) is 39.7 Å². The molecule has 6 heteroatoms. The molecule has 6 aliphatic carbocycles. The first-order chi connectivity index (χ1) is 24.4. The minimum atomic E-state index is -0.852. The molecule has 2 N–H and O–H groups in total. The second-order valence-corrected chi connectivity index (χ2v) is 19.6. The number of nitrogens with one attached hydrogen (secondary N) is 1. The Labute approximate surface area is 308 Å². The first-order valence-electron chi connectivity index (χ1n) is 21.2. The van der Waals surface area contributed by atoms with Crippen molar-refractivity contribution in [1.82, 2.24) is 15.1 Å². The second kappa shape index (κ2) is 13.6. The van der Waals surface area contributed by atoms with E-state index in [-0.39, 0.29) is 5.41 Å². The van der Waals surface area contributed by atoms with Crippen LogP contribution in [0.1, 0.15) is 140 Å². The molecular weight excluding hydrogens is 631 g/mol. The largest absolute Gasteiger partial charge is 0.478 e. The van der Waals surface area contributed by atoms with Gasteiger partial charge in [0.25, 0.3) is 0 Å². The lowest BCUT2D eigenvalue weighted by molar-refractivity contribution is -0.172. The fraction of sp³-hybridized carbons (Fsp3) is 0.778. The van der Waals surface area contributed by atoms with E-state index in [4.69, 9.17) is 0 Å². The highest BCUT2D eigenvalue weighted by atomic mass is 16.4. The number of allylic oxidation sites excluding steroid dienone is 2. The summed E-state index contributed by atoms with van der Waals surface area (Å²) in [6, 6.07) is 7.65. The van der Waals surface area contributed by atoms with E-state index in [0.717, 1.165) is 75.8 Å². The molecule has 0 spiro atoms. The molecule has 7 aliphatic rings.